The summed E-state index contributed by atoms with van der Waals surface area (Å²) in [5.41, 5.74) is 0.877. The Morgan fingerprint density at radius 1 is 0.889 bits per heavy atom. The lowest BCUT2D eigenvalue weighted by molar-refractivity contribution is 0.447. The highest BCUT2D eigenvalue weighted by Crippen LogP contribution is 2.29. The molecular weight excluding hydrogens is 364 g/mol. The van der Waals surface area contributed by atoms with Gasteiger partial charge >= 0.3 is 0 Å². The van der Waals surface area contributed by atoms with Crippen LogP contribution in [0.2, 0.25) is 0 Å². The predicted molar refractivity (Wildman–Crippen MR) is 106 cm³/mol. The zero-order chi connectivity index (χ0) is 19.7. The summed E-state index contributed by atoms with van der Waals surface area (Å²) in [4.78, 5) is -0.236. The van der Waals surface area contributed by atoms with Gasteiger partial charge < -0.3 is 9.84 Å². The molecule has 0 heterocycles. The molecule has 0 fully saturated rings. The second-order valence-electron chi connectivity index (χ2n) is 6.71. The van der Waals surface area contributed by atoms with Crippen molar-refractivity contribution in [3.05, 3.63) is 48.0 Å². The van der Waals surface area contributed by atoms with Crippen molar-refractivity contribution in [2.75, 3.05) is 0 Å². The average Bonchev–Trinajstić information content (AvgIpc) is 2.62. The molecule has 0 spiro atoms. The number of phenolic OH excluding ortho intramolecular Hbond substituents is 1. The van der Waals surface area contributed by atoms with E-state index in [0.29, 0.717) is 5.75 Å². The van der Waals surface area contributed by atoms with Crippen molar-refractivity contribution in [3.63, 3.8) is 0 Å². The van der Waals surface area contributed by atoms with E-state index >= 15 is 0 Å². The smallest absolute Gasteiger partial charge is 0.294 e. The Hall–Kier alpha value is -2.05. The average molecular weight is 393 g/mol. The molecule has 0 amide bonds. The molecule has 5 nitrogen and oxygen atoms in total. The fourth-order valence-electron chi connectivity index (χ4n) is 2.93. The minimum atomic E-state index is -4.28. The zero-order valence-electron chi connectivity index (χ0n) is 15.7. The van der Waals surface area contributed by atoms with Crippen molar-refractivity contribution in [2.45, 2.75) is 63.2 Å². The highest BCUT2D eigenvalue weighted by molar-refractivity contribution is 7.85. The Labute approximate surface area is 161 Å². The first-order chi connectivity index (χ1) is 12.9. The van der Waals surface area contributed by atoms with E-state index in [9.17, 15) is 13.5 Å². The summed E-state index contributed by atoms with van der Waals surface area (Å²) in [5.74, 6) is 0.845. The Bertz CT molecular complexity index is 830. The molecule has 2 rings (SSSR count). The normalized spacial score (nSPS) is 11.5. The summed E-state index contributed by atoms with van der Waals surface area (Å²) in [5, 5.41) is 10.2. The number of phenols is 1. The molecular formula is C21H28O5S. The highest BCUT2D eigenvalue weighted by Gasteiger charge is 2.11. The summed E-state index contributed by atoms with van der Waals surface area (Å²) in [6, 6.07) is 10.7. The van der Waals surface area contributed by atoms with E-state index in [1.165, 1.54) is 56.4 Å². The maximum atomic E-state index is 11.2. The van der Waals surface area contributed by atoms with Gasteiger partial charge in [0.15, 0.2) is 0 Å². The first-order valence-corrected chi connectivity index (χ1v) is 10.9. The van der Waals surface area contributed by atoms with Gasteiger partial charge in [-0.2, -0.15) is 8.42 Å². The van der Waals surface area contributed by atoms with E-state index in [4.69, 9.17) is 9.29 Å². The van der Waals surface area contributed by atoms with Crippen LogP contribution in [-0.2, 0) is 16.5 Å². The molecule has 2 N–H and O–H groups in total. The molecule has 0 saturated heterocycles. The number of unbranched alkanes of at least 4 members (excludes halogenated alkanes) is 6. The fourth-order valence-corrected chi connectivity index (χ4v) is 3.44. The quantitative estimate of drug-likeness (QED) is 0.377. The van der Waals surface area contributed by atoms with Gasteiger partial charge in [0.25, 0.3) is 10.1 Å². The molecule has 0 bridgehead atoms. The van der Waals surface area contributed by atoms with Gasteiger partial charge in [0.05, 0.1) is 4.90 Å². The third kappa shape index (κ3) is 7.23. The molecule has 0 aliphatic heterocycles. The van der Waals surface area contributed by atoms with E-state index in [1.807, 2.05) is 6.07 Å². The van der Waals surface area contributed by atoms with Crippen LogP contribution < -0.4 is 4.74 Å². The van der Waals surface area contributed by atoms with Gasteiger partial charge in [0.1, 0.15) is 17.2 Å². The highest BCUT2D eigenvalue weighted by atomic mass is 32.2. The lowest BCUT2D eigenvalue weighted by Gasteiger charge is -2.10. The van der Waals surface area contributed by atoms with Gasteiger partial charge in [-0.15, -0.1) is 0 Å². The maximum Gasteiger partial charge on any atom is 0.294 e. The van der Waals surface area contributed by atoms with E-state index < -0.39 is 10.1 Å². The monoisotopic (exact) mass is 392 g/mol. The number of hydrogen-bond donors (Lipinski definition) is 2. The van der Waals surface area contributed by atoms with Crippen LogP contribution in [0.3, 0.4) is 0 Å². The molecule has 2 aromatic carbocycles. The molecule has 148 valence electrons. The Kier molecular flexibility index (Phi) is 8.13. The van der Waals surface area contributed by atoms with Gasteiger partial charge in [0.2, 0.25) is 0 Å². The maximum absolute atomic E-state index is 11.2. The number of benzene rings is 2. The molecule has 27 heavy (non-hydrogen) atoms. The van der Waals surface area contributed by atoms with Crippen LogP contribution in [0.15, 0.2) is 47.4 Å². The molecule has 0 aromatic heterocycles. The largest absolute Gasteiger partial charge is 0.508 e. The van der Waals surface area contributed by atoms with Crippen LogP contribution in [0.5, 0.6) is 17.2 Å². The molecule has 0 radical (unpaired) electrons. The van der Waals surface area contributed by atoms with Crippen LogP contribution in [-0.4, -0.2) is 18.1 Å². The van der Waals surface area contributed by atoms with E-state index in [0.717, 1.165) is 24.8 Å². The van der Waals surface area contributed by atoms with Crippen molar-refractivity contribution in [1.82, 2.24) is 0 Å². The molecule has 0 unspecified atom stereocenters. The second kappa shape index (κ2) is 10.3. The molecule has 0 aliphatic carbocycles. The Balaban J connectivity index is 1.89. The van der Waals surface area contributed by atoms with Gasteiger partial charge in [-0.1, -0.05) is 57.6 Å². The summed E-state index contributed by atoms with van der Waals surface area (Å²) in [7, 11) is -4.28. The number of ether oxygens (including phenoxy) is 1. The first kappa shape index (κ1) is 21.3. The third-order valence-electron chi connectivity index (χ3n) is 4.45. The number of hydrogen-bond acceptors (Lipinski definition) is 4. The van der Waals surface area contributed by atoms with Crippen molar-refractivity contribution in [2.24, 2.45) is 0 Å². The van der Waals surface area contributed by atoms with E-state index in [1.54, 1.807) is 12.1 Å². The van der Waals surface area contributed by atoms with Crippen LogP contribution in [0, 0.1) is 0 Å². The van der Waals surface area contributed by atoms with E-state index in [-0.39, 0.29) is 16.4 Å². The van der Waals surface area contributed by atoms with Crippen LogP contribution >= 0.6 is 0 Å². The summed E-state index contributed by atoms with van der Waals surface area (Å²) in [6.07, 6.45) is 9.36. The van der Waals surface area contributed by atoms with E-state index in [2.05, 4.69) is 6.92 Å². The SMILES string of the molecule is CCCCCCCCCc1ccc(Oc2cccc(S(=O)(=O)O)c2)cc1O. The first-order valence-electron chi connectivity index (χ1n) is 9.47. The van der Waals surface area contributed by atoms with Crippen LogP contribution in [0.1, 0.15) is 57.4 Å². The van der Waals surface area contributed by atoms with Gasteiger partial charge in [0, 0.05) is 12.1 Å². The van der Waals surface area contributed by atoms with Crippen molar-refractivity contribution in [1.29, 1.82) is 0 Å². The van der Waals surface area contributed by atoms with Crippen LogP contribution in [0.4, 0.5) is 0 Å². The van der Waals surface area contributed by atoms with Gasteiger partial charge in [-0.05, 0) is 36.6 Å². The van der Waals surface area contributed by atoms with Crippen molar-refractivity contribution in [3.8, 4) is 17.2 Å². The lowest BCUT2D eigenvalue weighted by atomic mass is 10.0. The fraction of sp³-hybridized carbons (Fsp3) is 0.429. The van der Waals surface area contributed by atoms with Crippen LogP contribution in [0.25, 0.3) is 0 Å². The minimum absolute atomic E-state index is 0.171. The molecule has 0 aliphatic rings. The molecule has 2 aromatic rings. The summed E-state index contributed by atoms with van der Waals surface area (Å²) in [6.45, 7) is 2.21. The standard InChI is InChI=1S/C21H28O5S/c1-2-3-4-5-6-7-8-10-17-13-14-19(16-21(17)22)26-18-11-9-12-20(15-18)27(23,24)25/h9,11-16,22H,2-8,10H2,1H3,(H,23,24,25). The van der Waals surface area contributed by atoms with Crippen molar-refractivity contribution >= 4 is 10.1 Å². The zero-order valence-corrected chi connectivity index (χ0v) is 16.5. The summed E-state index contributed by atoms with van der Waals surface area (Å²) < 4.78 is 37.1. The third-order valence-corrected chi connectivity index (χ3v) is 5.30. The predicted octanol–water partition coefficient (Wildman–Crippen LogP) is 5.72. The molecule has 0 atom stereocenters. The Morgan fingerprint density at radius 3 is 2.22 bits per heavy atom. The minimum Gasteiger partial charge on any atom is -0.508 e. The Morgan fingerprint density at radius 2 is 1.56 bits per heavy atom. The number of aryl methyl sites for hydroxylation is 1. The summed E-state index contributed by atoms with van der Waals surface area (Å²) >= 11 is 0. The van der Waals surface area contributed by atoms with Gasteiger partial charge in [-0.25, -0.2) is 0 Å². The number of rotatable bonds is 11. The second-order valence-corrected chi connectivity index (χ2v) is 8.14. The topological polar surface area (TPSA) is 83.8 Å². The van der Waals surface area contributed by atoms with Gasteiger partial charge in [-0.3, -0.25) is 4.55 Å². The lowest BCUT2D eigenvalue weighted by Crippen LogP contribution is -1.98. The van der Waals surface area contributed by atoms with Crippen molar-refractivity contribution < 1.29 is 22.8 Å². The molecule has 6 heteroatoms. The number of aromatic hydroxyl groups is 1. The molecule has 0 saturated carbocycles.